The predicted molar refractivity (Wildman–Crippen MR) is 123 cm³/mol. The average molecular weight is 421 g/mol. The van der Waals surface area contributed by atoms with Gasteiger partial charge in [-0.1, -0.05) is 48.5 Å². The second-order valence-electron chi connectivity index (χ2n) is 8.05. The smallest absolute Gasteiger partial charge is 0.123 e. The van der Waals surface area contributed by atoms with Crippen LogP contribution in [0.1, 0.15) is 24.5 Å². The summed E-state index contributed by atoms with van der Waals surface area (Å²) in [5, 5.41) is 17.2. The largest absolute Gasteiger partial charge is 0.494 e. The van der Waals surface area contributed by atoms with Gasteiger partial charge in [-0.15, -0.1) is 0 Å². The Hall–Kier alpha value is -2.67. The number of hydrogen-bond acceptors (Lipinski definition) is 5. The third-order valence-electron chi connectivity index (χ3n) is 5.97. The number of hydrogen-bond donors (Lipinski definition) is 2. The van der Waals surface area contributed by atoms with Crippen LogP contribution in [0.4, 0.5) is 0 Å². The fourth-order valence-corrected chi connectivity index (χ4v) is 4.41. The first-order chi connectivity index (χ1) is 15.3. The summed E-state index contributed by atoms with van der Waals surface area (Å²) in [5.74, 6) is 0.959. The zero-order valence-electron chi connectivity index (χ0n) is 18.2. The molecule has 4 rings (SSSR count). The number of H-pyrrole nitrogens is 1. The van der Waals surface area contributed by atoms with Crippen LogP contribution in [-0.2, 0) is 13.1 Å². The molecule has 1 aliphatic rings. The van der Waals surface area contributed by atoms with E-state index in [-0.39, 0.29) is 6.61 Å². The number of ether oxygens (including phenoxy) is 1. The van der Waals surface area contributed by atoms with E-state index in [4.69, 9.17) is 4.74 Å². The molecule has 6 heteroatoms. The fraction of sp³-hybridized carbons (Fsp3) is 0.400. The van der Waals surface area contributed by atoms with Gasteiger partial charge in [0.05, 0.1) is 18.5 Å². The summed E-state index contributed by atoms with van der Waals surface area (Å²) in [4.78, 5) is 4.96. The number of aliphatic hydroxyl groups excluding tert-OH is 1. The van der Waals surface area contributed by atoms with Gasteiger partial charge in [0.2, 0.25) is 0 Å². The number of para-hydroxylation sites is 1. The molecule has 0 radical (unpaired) electrons. The molecule has 1 fully saturated rings. The van der Waals surface area contributed by atoms with Crippen molar-refractivity contribution in [2.45, 2.75) is 32.5 Å². The lowest BCUT2D eigenvalue weighted by Gasteiger charge is -2.41. The molecule has 1 aliphatic heterocycles. The Morgan fingerprint density at radius 1 is 1.03 bits per heavy atom. The molecule has 6 nitrogen and oxygen atoms in total. The standard InChI is InChI=1S/C25H32N4O2/c1-2-31-24-11-7-6-10-21(24)18-29-14-13-28(19-23(29)12-15-30)17-22-16-26-27-25(22)20-8-4-3-5-9-20/h3-11,16,23,30H,2,12-15,17-19H2,1H3,(H,26,27)/t23-/m1/s1. The number of aromatic nitrogens is 2. The van der Waals surface area contributed by atoms with E-state index in [2.05, 4.69) is 56.4 Å². The van der Waals surface area contributed by atoms with Crippen LogP contribution in [-0.4, -0.2) is 64.0 Å². The maximum Gasteiger partial charge on any atom is 0.123 e. The Labute approximate surface area is 184 Å². The van der Waals surface area contributed by atoms with Gasteiger partial charge >= 0.3 is 0 Å². The molecule has 0 amide bonds. The van der Waals surface area contributed by atoms with Gasteiger partial charge in [0, 0.05) is 56.5 Å². The van der Waals surface area contributed by atoms with Gasteiger partial charge in [-0.25, -0.2) is 0 Å². The first-order valence-electron chi connectivity index (χ1n) is 11.1. The van der Waals surface area contributed by atoms with E-state index in [1.165, 1.54) is 11.1 Å². The quantitative estimate of drug-likeness (QED) is 0.554. The van der Waals surface area contributed by atoms with E-state index in [1.54, 1.807) is 0 Å². The molecule has 1 saturated heterocycles. The van der Waals surface area contributed by atoms with Crippen LogP contribution in [0.15, 0.2) is 60.8 Å². The SMILES string of the molecule is CCOc1ccccc1CN1CCN(Cc2cn[nH]c2-c2ccccc2)C[C@H]1CCO. The molecular weight excluding hydrogens is 388 g/mol. The van der Waals surface area contributed by atoms with Crippen LogP contribution < -0.4 is 4.74 Å². The van der Waals surface area contributed by atoms with Crippen LogP contribution in [0.25, 0.3) is 11.3 Å². The molecule has 2 heterocycles. The summed E-state index contributed by atoms with van der Waals surface area (Å²) in [6.45, 7) is 7.45. The first-order valence-corrected chi connectivity index (χ1v) is 11.1. The minimum Gasteiger partial charge on any atom is -0.494 e. The number of aliphatic hydroxyl groups is 1. The lowest BCUT2D eigenvalue weighted by Crippen LogP contribution is -2.52. The zero-order chi connectivity index (χ0) is 21.5. The van der Waals surface area contributed by atoms with Crippen LogP contribution in [0, 0.1) is 0 Å². The number of aromatic amines is 1. The average Bonchev–Trinajstić information content (AvgIpc) is 3.26. The molecule has 0 saturated carbocycles. The summed E-state index contributed by atoms with van der Waals surface area (Å²) in [6, 6.07) is 18.9. The molecular formula is C25H32N4O2. The number of nitrogens with one attached hydrogen (secondary N) is 1. The Balaban J connectivity index is 1.44. The van der Waals surface area contributed by atoms with Crippen molar-refractivity contribution in [3.63, 3.8) is 0 Å². The summed E-state index contributed by atoms with van der Waals surface area (Å²) in [6.07, 6.45) is 2.71. The minimum absolute atomic E-state index is 0.198. The molecule has 2 aromatic carbocycles. The molecule has 2 N–H and O–H groups in total. The van der Waals surface area contributed by atoms with Crippen LogP contribution in [0.5, 0.6) is 5.75 Å². The van der Waals surface area contributed by atoms with Crippen LogP contribution in [0.2, 0.25) is 0 Å². The molecule has 0 bridgehead atoms. The number of benzene rings is 2. The second-order valence-corrected chi connectivity index (χ2v) is 8.05. The molecule has 1 atom stereocenters. The van der Waals surface area contributed by atoms with Crippen molar-refractivity contribution in [2.24, 2.45) is 0 Å². The van der Waals surface area contributed by atoms with Gasteiger partial charge in [-0.2, -0.15) is 5.10 Å². The maximum atomic E-state index is 9.69. The van der Waals surface area contributed by atoms with Gasteiger partial charge < -0.3 is 9.84 Å². The van der Waals surface area contributed by atoms with Crippen molar-refractivity contribution in [3.8, 4) is 17.0 Å². The predicted octanol–water partition coefficient (Wildman–Crippen LogP) is 3.54. The lowest BCUT2D eigenvalue weighted by atomic mass is 10.0. The minimum atomic E-state index is 0.198. The Kier molecular flexibility index (Phi) is 7.35. The molecule has 0 unspecified atom stereocenters. The molecule has 164 valence electrons. The van der Waals surface area contributed by atoms with E-state index in [0.29, 0.717) is 12.6 Å². The molecule has 0 spiro atoms. The summed E-state index contributed by atoms with van der Waals surface area (Å²) >= 11 is 0. The van der Waals surface area contributed by atoms with E-state index in [0.717, 1.165) is 56.2 Å². The van der Waals surface area contributed by atoms with Crippen molar-refractivity contribution in [3.05, 3.63) is 71.9 Å². The highest BCUT2D eigenvalue weighted by atomic mass is 16.5. The Bertz CT molecular complexity index is 943. The highest BCUT2D eigenvalue weighted by molar-refractivity contribution is 5.62. The highest BCUT2D eigenvalue weighted by Crippen LogP contribution is 2.26. The highest BCUT2D eigenvalue weighted by Gasteiger charge is 2.28. The molecule has 31 heavy (non-hydrogen) atoms. The monoisotopic (exact) mass is 420 g/mol. The number of nitrogens with zero attached hydrogens (tertiary/aromatic N) is 3. The van der Waals surface area contributed by atoms with Crippen molar-refractivity contribution in [1.82, 2.24) is 20.0 Å². The summed E-state index contributed by atoms with van der Waals surface area (Å²) < 4.78 is 5.82. The topological polar surface area (TPSA) is 64.6 Å². The summed E-state index contributed by atoms with van der Waals surface area (Å²) in [7, 11) is 0. The third-order valence-corrected chi connectivity index (χ3v) is 5.97. The van der Waals surface area contributed by atoms with E-state index in [9.17, 15) is 5.11 Å². The third kappa shape index (κ3) is 5.34. The number of piperazine rings is 1. The van der Waals surface area contributed by atoms with Gasteiger partial charge in [-0.05, 0) is 25.0 Å². The lowest BCUT2D eigenvalue weighted by molar-refractivity contribution is 0.0495. The first kappa shape index (κ1) is 21.6. The van der Waals surface area contributed by atoms with Gasteiger partial charge in [-0.3, -0.25) is 14.9 Å². The van der Waals surface area contributed by atoms with Gasteiger partial charge in [0.1, 0.15) is 5.75 Å². The van der Waals surface area contributed by atoms with E-state index < -0.39 is 0 Å². The van der Waals surface area contributed by atoms with Gasteiger partial charge in [0.15, 0.2) is 0 Å². The van der Waals surface area contributed by atoms with Crippen molar-refractivity contribution < 1.29 is 9.84 Å². The summed E-state index contributed by atoms with van der Waals surface area (Å²) in [5.41, 5.74) is 4.67. The molecule has 1 aromatic heterocycles. The van der Waals surface area contributed by atoms with Crippen LogP contribution >= 0.6 is 0 Å². The normalized spacial score (nSPS) is 17.7. The molecule has 3 aromatic rings. The maximum absolute atomic E-state index is 9.69. The van der Waals surface area contributed by atoms with Crippen molar-refractivity contribution in [1.29, 1.82) is 0 Å². The zero-order valence-corrected chi connectivity index (χ0v) is 18.2. The van der Waals surface area contributed by atoms with Crippen molar-refractivity contribution >= 4 is 0 Å². The Morgan fingerprint density at radius 3 is 2.65 bits per heavy atom. The van der Waals surface area contributed by atoms with Crippen molar-refractivity contribution in [2.75, 3.05) is 32.8 Å². The van der Waals surface area contributed by atoms with E-state index in [1.807, 2.05) is 31.3 Å². The van der Waals surface area contributed by atoms with Gasteiger partial charge in [0.25, 0.3) is 0 Å². The molecule has 0 aliphatic carbocycles. The number of rotatable bonds is 9. The second kappa shape index (κ2) is 10.6. The Morgan fingerprint density at radius 2 is 1.84 bits per heavy atom. The fourth-order valence-electron chi connectivity index (χ4n) is 4.41. The van der Waals surface area contributed by atoms with Crippen LogP contribution in [0.3, 0.4) is 0 Å². The van der Waals surface area contributed by atoms with E-state index >= 15 is 0 Å².